The number of ether oxygens (including phenoxy) is 1. The van der Waals surface area contributed by atoms with Crippen molar-refractivity contribution < 1.29 is 6.16 Å². The van der Waals surface area contributed by atoms with Crippen molar-refractivity contribution in [3.05, 3.63) is 107 Å². The first kappa shape index (κ1) is 18.7. The molecular weight excluding hydrogens is 328 g/mol. The molecule has 138 valence electrons. The summed E-state index contributed by atoms with van der Waals surface area (Å²) in [5.74, 6) is 1.78. The molecule has 0 fully saturated rings. The normalized spacial score (nSPS) is 12.2. The molecule has 3 aromatic carbocycles. The molecule has 0 saturated carbocycles. The van der Waals surface area contributed by atoms with E-state index in [1.165, 1.54) is 27.8 Å². The zero-order valence-corrected chi connectivity index (χ0v) is 16.3. The molecule has 0 aliphatic heterocycles. The van der Waals surface area contributed by atoms with Crippen LogP contribution >= 0.6 is 0 Å². The largest absolute Gasteiger partial charge is 0.457 e. The summed E-state index contributed by atoms with van der Waals surface area (Å²) in [6.45, 7) is 6.07. The van der Waals surface area contributed by atoms with Gasteiger partial charge in [-0.1, -0.05) is 80.6 Å². The first-order valence-corrected chi connectivity index (χ1v) is 9.59. The van der Waals surface area contributed by atoms with Crippen LogP contribution in [0.15, 0.2) is 84.9 Å². The third-order valence-electron chi connectivity index (χ3n) is 4.41. The lowest BCUT2D eigenvalue weighted by Gasteiger charge is -2.09. The van der Waals surface area contributed by atoms with Gasteiger partial charge in [-0.15, -0.1) is 0 Å². The van der Waals surface area contributed by atoms with Crippen LogP contribution < -0.4 is 4.74 Å². The van der Waals surface area contributed by atoms with E-state index in [-0.39, 0.29) is 1.43 Å². The fraction of sp³-hybridized carbons (Fsp3) is 0.154. The summed E-state index contributed by atoms with van der Waals surface area (Å²) in [5.41, 5.74) is 6.31. The second kappa shape index (κ2) is 9.05. The monoisotopic (exact) mass is 356 g/mol. The predicted molar refractivity (Wildman–Crippen MR) is 118 cm³/mol. The average molecular weight is 357 g/mol. The Morgan fingerprint density at radius 3 is 2.37 bits per heavy atom. The molecule has 1 aliphatic carbocycles. The van der Waals surface area contributed by atoms with Crippen molar-refractivity contribution in [1.82, 2.24) is 0 Å². The number of hydrogen-bond donors (Lipinski definition) is 0. The van der Waals surface area contributed by atoms with Crippen molar-refractivity contribution in [1.29, 1.82) is 0 Å². The molecule has 4 rings (SSSR count). The lowest BCUT2D eigenvalue weighted by molar-refractivity contribution is 0.482. The van der Waals surface area contributed by atoms with Crippen LogP contribution in [-0.2, 0) is 6.42 Å². The van der Waals surface area contributed by atoms with Gasteiger partial charge in [0.2, 0.25) is 0 Å². The number of benzene rings is 3. The third-order valence-corrected chi connectivity index (χ3v) is 4.41. The van der Waals surface area contributed by atoms with Gasteiger partial charge in [0.05, 0.1) is 0 Å². The van der Waals surface area contributed by atoms with Gasteiger partial charge >= 0.3 is 0 Å². The summed E-state index contributed by atoms with van der Waals surface area (Å²) in [4.78, 5) is 0. The van der Waals surface area contributed by atoms with Gasteiger partial charge in [-0.05, 0) is 65.4 Å². The summed E-state index contributed by atoms with van der Waals surface area (Å²) in [5, 5.41) is 0. The Balaban J connectivity index is 0.000000906. The van der Waals surface area contributed by atoms with Gasteiger partial charge in [-0.2, -0.15) is 0 Å². The Morgan fingerprint density at radius 2 is 1.59 bits per heavy atom. The minimum absolute atomic E-state index is 0. The molecule has 0 bridgehead atoms. The van der Waals surface area contributed by atoms with Crippen molar-refractivity contribution >= 4 is 11.6 Å². The molecule has 1 aliphatic rings. The Kier molecular flexibility index (Phi) is 6.27. The van der Waals surface area contributed by atoms with Crippen molar-refractivity contribution in [3.8, 4) is 11.5 Å². The van der Waals surface area contributed by atoms with E-state index in [1.807, 2.05) is 32.0 Å². The maximum absolute atomic E-state index is 6.01. The standard InChI is InChI=1S/C24H20O.C2H6.H2/c1-18-6-5-9-22(16-18)25-23-14-15-24-20(12-13-21(24)17-23)11-10-19-7-3-2-4-8-19;1-2;/h2-12,14-17H,13H2,1H3;1-2H3;1H/b11-10+;;. The smallest absolute Gasteiger partial charge is 0.127 e. The van der Waals surface area contributed by atoms with E-state index in [4.69, 9.17) is 4.74 Å². The van der Waals surface area contributed by atoms with Crippen molar-refractivity contribution in [2.45, 2.75) is 27.2 Å². The highest BCUT2D eigenvalue weighted by atomic mass is 16.5. The van der Waals surface area contributed by atoms with Crippen LogP contribution in [0.2, 0.25) is 0 Å². The van der Waals surface area contributed by atoms with E-state index in [9.17, 15) is 0 Å². The fourth-order valence-corrected chi connectivity index (χ4v) is 3.14. The summed E-state index contributed by atoms with van der Waals surface area (Å²) in [6.07, 6.45) is 7.59. The first-order chi connectivity index (χ1) is 13.3. The summed E-state index contributed by atoms with van der Waals surface area (Å²) >= 11 is 0. The van der Waals surface area contributed by atoms with Gasteiger partial charge < -0.3 is 4.74 Å². The molecule has 0 radical (unpaired) electrons. The number of allylic oxidation sites excluding steroid dienone is 3. The molecule has 0 heterocycles. The third kappa shape index (κ3) is 4.77. The van der Waals surface area contributed by atoms with Crippen molar-refractivity contribution in [3.63, 3.8) is 0 Å². The van der Waals surface area contributed by atoms with Crippen LogP contribution in [0, 0.1) is 6.92 Å². The number of fused-ring (bicyclic) bond motifs is 1. The van der Waals surface area contributed by atoms with E-state index in [1.54, 1.807) is 0 Å². The van der Waals surface area contributed by atoms with Gasteiger partial charge in [0, 0.05) is 1.43 Å². The van der Waals surface area contributed by atoms with Crippen molar-refractivity contribution in [2.24, 2.45) is 0 Å². The lowest BCUT2D eigenvalue weighted by atomic mass is 10.0. The second-order valence-electron chi connectivity index (χ2n) is 6.35. The summed E-state index contributed by atoms with van der Waals surface area (Å²) in [6, 6.07) is 24.9. The first-order valence-electron chi connectivity index (χ1n) is 9.59. The quantitative estimate of drug-likeness (QED) is 0.465. The SMILES string of the molecule is CC.Cc1cccc(Oc2ccc3c(c2)CC=C3/C=C/c2ccccc2)c1.[HH]. The Labute approximate surface area is 164 Å². The molecule has 0 atom stereocenters. The van der Waals surface area contributed by atoms with Crippen LogP contribution in [0.1, 0.15) is 37.5 Å². The van der Waals surface area contributed by atoms with Crippen LogP contribution in [0.4, 0.5) is 0 Å². The Bertz CT molecular complexity index is 955. The van der Waals surface area contributed by atoms with Gasteiger partial charge in [0.15, 0.2) is 0 Å². The minimum atomic E-state index is 0. The van der Waals surface area contributed by atoms with E-state index < -0.39 is 0 Å². The Hall–Kier alpha value is -3.06. The zero-order chi connectivity index (χ0) is 19.1. The number of rotatable bonds is 4. The number of hydrogen-bond acceptors (Lipinski definition) is 1. The summed E-state index contributed by atoms with van der Waals surface area (Å²) in [7, 11) is 0. The van der Waals surface area contributed by atoms with E-state index >= 15 is 0 Å². The number of aryl methyl sites for hydroxylation is 1. The highest BCUT2D eigenvalue weighted by Gasteiger charge is 2.13. The molecule has 0 N–H and O–H groups in total. The molecule has 0 amide bonds. The highest BCUT2D eigenvalue weighted by Crippen LogP contribution is 2.33. The van der Waals surface area contributed by atoms with Crippen molar-refractivity contribution in [2.75, 3.05) is 0 Å². The maximum atomic E-state index is 6.01. The van der Waals surface area contributed by atoms with E-state index in [2.05, 4.69) is 79.7 Å². The highest BCUT2D eigenvalue weighted by molar-refractivity contribution is 5.83. The minimum Gasteiger partial charge on any atom is -0.457 e. The second-order valence-corrected chi connectivity index (χ2v) is 6.35. The lowest BCUT2D eigenvalue weighted by Crippen LogP contribution is -1.89. The van der Waals surface area contributed by atoms with Gasteiger partial charge in [-0.3, -0.25) is 0 Å². The van der Waals surface area contributed by atoms with E-state index in [0.717, 1.165) is 17.9 Å². The summed E-state index contributed by atoms with van der Waals surface area (Å²) < 4.78 is 6.01. The Morgan fingerprint density at radius 1 is 0.815 bits per heavy atom. The van der Waals surface area contributed by atoms with Crippen LogP contribution in [-0.4, -0.2) is 0 Å². The van der Waals surface area contributed by atoms with Gasteiger partial charge in [0.1, 0.15) is 11.5 Å². The van der Waals surface area contributed by atoms with Gasteiger partial charge in [-0.25, -0.2) is 0 Å². The molecular formula is C26H28O. The molecule has 0 spiro atoms. The topological polar surface area (TPSA) is 9.23 Å². The fourth-order valence-electron chi connectivity index (χ4n) is 3.14. The molecule has 27 heavy (non-hydrogen) atoms. The average Bonchev–Trinajstić information content (AvgIpc) is 3.11. The van der Waals surface area contributed by atoms with E-state index in [0.29, 0.717) is 0 Å². The maximum Gasteiger partial charge on any atom is 0.127 e. The molecule has 1 heteroatoms. The van der Waals surface area contributed by atoms with Gasteiger partial charge in [0.25, 0.3) is 0 Å². The molecule has 0 aromatic heterocycles. The predicted octanol–water partition coefficient (Wildman–Crippen LogP) is 7.71. The molecule has 3 aromatic rings. The zero-order valence-electron chi connectivity index (χ0n) is 16.3. The molecule has 0 saturated heterocycles. The molecule has 1 nitrogen and oxygen atoms in total. The van der Waals surface area contributed by atoms with Crippen LogP contribution in [0.5, 0.6) is 11.5 Å². The molecule has 0 unspecified atom stereocenters. The van der Waals surface area contributed by atoms with Crippen LogP contribution in [0.25, 0.3) is 11.6 Å². The van der Waals surface area contributed by atoms with Crippen LogP contribution in [0.3, 0.4) is 0 Å².